The topological polar surface area (TPSA) is 85.2 Å². The van der Waals surface area contributed by atoms with Gasteiger partial charge in [-0.25, -0.2) is 0 Å². The van der Waals surface area contributed by atoms with Crippen LogP contribution in [0.4, 0.5) is 5.69 Å². The Balaban J connectivity index is 2.86. The van der Waals surface area contributed by atoms with Gasteiger partial charge in [-0.15, -0.1) is 0 Å². The highest BCUT2D eigenvalue weighted by Crippen LogP contribution is 2.10. The van der Waals surface area contributed by atoms with Gasteiger partial charge in [-0.1, -0.05) is 0 Å². The highest BCUT2D eigenvalue weighted by molar-refractivity contribution is 5.37. The molecule has 0 saturated heterocycles. The summed E-state index contributed by atoms with van der Waals surface area (Å²) in [7, 11) is 0. The second-order valence-electron chi connectivity index (χ2n) is 2.34. The van der Waals surface area contributed by atoms with Gasteiger partial charge in [0.15, 0.2) is 0 Å². The van der Waals surface area contributed by atoms with Crippen molar-refractivity contribution in [1.82, 2.24) is 4.98 Å². The van der Waals surface area contributed by atoms with Gasteiger partial charge < -0.3 is 16.6 Å². The zero-order valence-corrected chi connectivity index (χ0v) is 6.07. The molecule has 11 heavy (non-hydrogen) atoms. The van der Waals surface area contributed by atoms with E-state index < -0.39 is 0 Å². The van der Waals surface area contributed by atoms with Gasteiger partial charge in [0.25, 0.3) is 0 Å². The van der Waals surface area contributed by atoms with Crippen molar-refractivity contribution < 1.29 is 5.11 Å². The van der Waals surface area contributed by atoms with Crippen LogP contribution in [0.5, 0.6) is 0 Å². The number of anilines is 1. The lowest BCUT2D eigenvalue weighted by Crippen LogP contribution is -2.14. The van der Waals surface area contributed by atoms with Crippen LogP contribution >= 0.6 is 0 Å². The summed E-state index contributed by atoms with van der Waals surface area (Å²) in [5, 5.41) is 8.69. The molecular formula is C7H11N3O. The molecule has 4 heteroatoms. The highest BCUT2D eigenvalue weighted by atomic mass is 16.3. The lowest BCUT2D eigenvalue weighted by molar-refractivity contribution is 0.268. The normalized spacial score (nSPS) is 12.9. The molecule has 0 radical (unpaired) electrons. The van der Waals surface area contributed by atoms with Crippen LogP contribution in [0.2, 0.25) is 0 Å². The van der Waals surface area contributed by atoms with E-state index >= 15 is 0 Å². The van der Waals surface area contributed by atoms with Gasteiger partial charge in [0.05, 0.1) is 18.3 Å². The summed E-state index contributed by atoms with van der Waals surface area (Å²) in [5.41, 5.74) is 12.3. The van der Waals surface area contributed by atoms with Crippen LogP contribution < -0.4 is 11.5 Å². The minimum Gasteiger partial charge on any atom is -0.397 e. The molecule has 1 atom stereocenters. The summed E-state index contributed by atoms with van der Waals surface area (Å²) in [6.45, 7) is -0.0921. The van der Waals surface area contributed by atoms with Crippen molar-refractivity contribution in [3.8, 4) is 0 Å². The second-order valence-corrected chi connectivity index (χ2v) is 2.34. The SMILES string of the molecule is Nc1cncc(C(N)CO)c1. The van der Waals surface area contributed by atoms with E-state index in [-0.39, 0.29) is 12.6 Å². The number of hydrogen-bond acceptors (Lipinski definition) is 4. The van der Waals surface area contributed by atoms with Crippen molar-refractivity contribution in [2.75, 3.05) is 12.3 Å². The largest absolute Gasteiger partial charge is 0.397 e. The Morgan fingerprint density at radius 1 is 1.55 bits per heavy atom. The van der Waals surface area contributed by atoms with Gasteiger partial charge in [-0.3, -0.25) is 4.98 Å². The molecule has 1 rings (SSSR count). The third kappa shape index (κ3) is 1.89. The van der Waals surface area contributed by atoms with Crippen LogP contribution in [0.3, 0.4) is 0 Å². The molecule has 4 nitrogen and oxygen atoms in total. The fourth-order valence-corrected chi connectivity index (χ4v) is 0.785. The molecular weight excluding hydrogens is 142 g/mol. The summed E-state index contributed by atoms with van der Waals surface area (Å²) >= 11 is 0. The van der Waals surface area contributed by atoms with Crippen LogP contribution in [-0.4, -0.2) is 16.7 Å². The average Bonchev–Trinajstić information content (AvgIpc) is 2.03. The maximum absolute atomic E-state index is 8.69. The zero-order valence-electron chi connectivity index (χ0n) is 6.07. The van der Waals surface area contributed by atoms with E-state index in [0.29, 0.717) is 5.69 Å². The molecule has 0 amide bonds. The van der Waals surface area contributed by atoms with Crippen molar-refractivity contribution >= 4 is 5.69 Å². The molecule has 0 bridgehead atoms. The van der Waals surface area contributed by atoms with Crippen LogP contribution in [-0.2, 0) is 0 Å². The van der Waals surface area contributed by atoms with Gasteiger partial charge >= 0.3 is 0 Å². The predicted octanol–water partition coefficient (Wildman–Crippen LogP) is -0.344. The fourth-order valence-electron chi connectivity index (χ4n) is 0.785. The van der Waals surface area contributed by atoms with Gasteiger partial charge in [0, 0.05) is 12.4 Å². The van der Waals surface area contributed by atoms with E-state index in [2.05, 4.69) is 4.98 Å². The molecule has 1 unspecified atom stereocenters. The Kier molecular flexibility index (Phi) is 2.40. The van der Waals surface area contributed by atoms with E-state index in [0.717, 1.165) is 5.56 Å². The van der Waals surface area contributed by atoms with Gasteiger partial charge in [-0.2, -0.15) is 0 Å². The number of nitrogens with two attached hydrogens (primary N) is 2. The summed E-state index contributed by atoms with van der Waals surface area (Å²) in [5.74, 6) is 0. The average molecular weight is 153 g/mol. The van der Waals surface area contributed by atoms with Crippen molar-refractivity contribution in [1.29, 1.82) is 0 Å². The predicted molar refractivity (Wildman–Crippen MR) is 42.7 cm³/mol. The van der Waals surface area contributed by atoms with Crippen LogP contribution in [0.1, 0.15) is 11.6 Å². The summed E-state index contributed by atoms with van der Waals surface area (Å²) in [4.78, 5) is 3.84. The number of pyridine rings is 1. The quantitative estimate of drug-likeness (QED) is 0.542. The first-order chi connectivity index (χ1) is 5.24. The van der Waals surface area contributed by atoms with E-state index in [1.807, 2.05) is 0 Å². The minimum absolute atomic E-state index is 0.0921. The maximum Gasteiger partial charge on any atom is 0.0624 e. The van der Waals surface area contributed by atoms with Crippen LogP contribution in [0.15, 0.2) is 18.5 Å². The van der Waals surface area contributed by atoms with E-state index in [9.17, 15) is 0 Å². The van der Waals surface area contributed by atoms with Crippen LogP contribution in [0.25, 0.3) is 0 Å². The molecule has 0 aliphatic rings. The van der Waals surface area contributed by atoms with E-state index in [1.165, 1.54) is 6.20 Å². The number of nitrogen functional groups attached to an aromatic ring is 1. The number of aliphatic hydroxyl groups excluding tert-OH is 1. The third-order valence-electron chi connectivity index (χ3n) is 1.41. The van der Waals surface area contributed by atoms with Crippen molar-refractivity contribution in [3.63, 3.8) is 0 Å². The Bertz CT molecular complexity index is 239. The molecule has 60 valence electrons. The number of rotatable bonds is 2. The first-order valence-corrected chi connectivity index (χ1v) is 3.31. The third-order valence-corrected chi connectivity index (χ3v) is 1.41. The molecule has 0 spiro atoms. The minimum atomic E-state index is -0.383. The molecule has 5 N–H and O–H groups in total. The molecule has 0 aromatic carbocycles. The Hall–Kier alpha value is -1.13. The molecule has 1 aromatic rings. The van der Waals surface area contributed by atoms with Crippen molar-refractivity contribution in [2.45, 2.75) is 6.04 Å². The van der Waals surface area contributed by atoms with Gasteiger partial charge in [0.2, 0.25) is 0 Å². The Morgan fingerprint density at radius 2 is 2.27 bits per heavy atom. The lowest BCUT2D eigenvalue weighted by atomic mass is 10.1. The summed E-state index contributed by atoms with van der Waals surface area (Å²) in [6, 6.07) is 1.32. The summed E-state index contributed by atoms with van der Waals surface area (Å²) in [6.07, 6.45) is 3.13. The zero-order chi connectivity index (χ0) is 8.27. The fraction of sp³-hybridized carbons (Fsp3) is 0.286. The molecule has 0 aliphatic heterocycles. The van der Waals surface area contributed by atoms with Gasteiger partial charge in [-0.05, 0) is 11.6 Å². The molecule has 0 aliphatic carbocycles. The number of aromatic nitrogens is 1. The standard InChI is InChI=1S/C7H11N3O/c8-6-1-5(2-10-3-6)7(9)4-11/h1-3,7,11H,4,8-9H2. The van der Waals surface area contributed by atoms with E-state index in [1.54, 1.807) is 12.3 Å². The van der Waals surface area contributed by atoms with E-state index in [4.69, 9.17) is 16.6 Å². The van der Waals surface area contributed by atoms with Gasteiger partial charge in [0.1, 0.15) is 0 Å². The molecule has 0 fully saturated rings. The number of hydrogen-bond donors (Lipinski definition) is 3. The number of nitrogens with zero attached hydrogens (tertiary/aromatic N) is 1. The first-order valence-electron chi connectivity index (χ1n) is 3.31. The first kappa shape index (κ1) is 7.97. The van der Waals surface area contributed by atoms with Crippen LogP contribution in [0, 0.1) is 0 Å². The molecule has 0 saturated carbocycles. The molecule has 1 aromatic heterocycles. The summed E-state index contributed by atoms with van der Waals surface area (Å²) < 4.78 is 0. The Labute approximate surface area is 64.9 Å². The number of aliphatic hydroxyl groups is 1. The maximum atomic E-state index is 8.69. The lowest BCUT2D eigenvalue weighted by Gasteiger charge is -2.07. The molecule has 1 heterocycles. The Morgan fingerprint density at radius 3 is 2.82 bits per heavy atom. The van der Waals surface area contributed by atoms with Crippen molar-refractivity contribution in [3.05, 3.63) is 24.0 Å². The second kappa shape index (κ2) is 3.32. The van der Waals surface area contributed by atoms with Crippen molar-refractivity contribution in [2.24, 2.45) is 5.73 Å². The highest BCUT2D eigenvalue weighted by Gasteiger charge is 2.03. The smallest absolute Gasteiger partial charge is 0.0624 e. The monoisotopic (exact) mass is 153 g/mol.